The number of fused-ring (bicyclic) bond motifs is 2. The summed E-state index contributed by atoms with van der Waals surface area (Å²) in [7, 11) is 1.63. The molecule has 1 unspecified atom stereocenters. The van der Waals surface area contributed by atoms with E-state index < -0.39 is 5.66 Å². The minimum atomic E-state index is -0.812. The largest absolute Gasteiger partial charge is 0.491 e. The molecule has 0 aliphatic rings. The number of benzene rings is 3. The zero-order valence-electron chi connectivity index (χ0n) is 23.2. The first kappa shape index (κ1) is 27.8. The van der Waals surface area contributed by atoms with Gasteiger partial charge in [-0.1, -0.05) is 19.1 Å². The molecule has 5 N–H and O–H groups in total. The number of methoxy groups -OCH3 is 1. The lowest BCUT2D eigenvalue weighted by Crippen LogP contribution is -2.54. The quantitative estimate of drug-likeness (QED) is 0.129. The third-order valence-corrected chi connectivity index (χ3v) is 6.57. The minimum Gasteiger partial charge on any atom is -0.491 e. The molecule has 0 spiro atoms. The highest BCUT2D eigenvalue weighted by Gasteiger charge is 2.20. The van der Waals surface area contributed by atoms with E-state index in [1.54, 1.807) is 26.3 Å². The lowest BCUT2D eigenvalue weighted by atomic mass is 10.1. The van der Waals surface area contributed by atoms with E-state index in [-0.39, 0.29) is 12.5 Å². The van der Waals surface area contributed by atoms with Crippen LogP contribution in [0.1, 0.15) is 20.3 Å². The number of carbonyl (C=O) groups is 1. The summed E-state index contributed by atoms with van der Waals surface area (Å²) in [6, 6.07) is 18.9. The molecule has 0 saturated carbocycles. The number of H-pyrrole nitrogens is 1. The van der Waals surface area contributed by atoms with Gasteiger partial charge in [-0.05, 0) is 61.9 Å². The van der Waals surface area contributed by atoms with Crippen molar-refractivity contribution in [2.45, 2.75) is 25.9 Å². The highest BCUT2D eigenvalue weighted by atomic mass is 16.5. The van der Waals surface area contributed by atoms with Gasteiger partial charge in [0.2, 0.25) is 0 Å². The van der Waals surface area contributed by atoms with Crippen molar-refractivity contribution in [2.24, 2.45) is 5.73 Å². The van der Waals surface area contributed by atoms with Crippen LogP contribution in [0.25, 0.3) is 33.2 Å². The number of hydrogen-bond acceptors (Lipinski definition) is 9. The molecule has 0 fully saturated rings. The number of anilines is 2. The average molecular weight is 556 g/mol. The van der Waals surface area contributed by atoms with Crippen molar-refractivity contribution in [3.63, 3.8) is 0 Å². The van der Waals surface area contributed by atoms with Crippen molar-refractivity contribution in [2.75, 3.05) is 32.2 Å². The lowest BCUT2D eigenvalue weighted by Gasteiger charge is -2.24. The minimum absolute atomic E-state index is 0.199. The summed E-state index contributed by atoms with van der Waals surface area (Å²) in [5.41, 5.74) is 8.37. The zero-order valence-corrected chi connectivity index (χ0v) is 23.2. The van der Waals surface area contributed by atoms with Crippen molar-refractivity contribution in [1.82, 2.24) is 25.5 Å². The van der Waals surface area contributed by atoms with E-state index in [4.69, 9.17) is 29.9 Å². The van der Waals surface area contributed by atoms with E-state index in [0.717, 1.165) is 22.0 Å². The van der Waals surface area contributed by atoms with E-state index >= 15 is 0 Å². The molecule has 0 saturated heterocycles. The van der Waals surface area contributed by atoms with Crippen molar-refractivity contribution in [3.05, 3.63) is 66.9 Å². The van der Waals surface area contributed by atoms with Crippen LogP contribution in [-0.4, -0.2) is 58.7 Å². The van der Waals surface area contributed by atoms with Gasteiger partial charge in [-0.25, -0.2) is 9.97 Å². The van der Waals surface area contributed by atoms with E-state index in [9.17, 15) is 4.79 Å². The number of aromatic nitrogens is 4. The van der Waals surface area contributed by atoms with Crippen LogP contribution in [0.15, 0.2) is 66.9 Å². The second-order valence-electron chi connectivity index (χ2n) is 9.82. The number of hydrogen-bond donors (Lipinski definition) is 4. The first-order chi connectivity index (χ1) is 19.8. The molecule has 0 aliphatic heterocycles. The molecule has 0 radical (unpaired) electrons. The van der Waals surface area contributed by atoms with Gasteiger partial charge in [0, 0.05) is 23.6 Å². The number of rotatable bonds is 12. The number of nitrogens with zero attached hydrogens (tertiary/aromatic N) is 3. The van der Waals surface area contributed by atoms with E-state index in [0.29, 0.717) is 53.9 Å². The van der Waals surface area contributed by atoms with Crippen LogP contribution in [-0.2, 0) is 9.53 Å². The predicted octanol–water partition coefficient (Wildman–Crippen LogP) is 4.52. The van der Waals surface area contributed by atoms with Crippen LogP contribution in [0.4, 0.5) is 11.5 Å². The molecule has 5 rings (SSSR count). The molecule has 3 aromatic carbocycles. The van der Waals surface area contributed by atoms with Crippen LogP contribution in [0.3, 0.4) is 0 Å². The number of nitrogens with two attached hydrogens (primary N) is 1. The van der Waals surface area contributed by atoms with Gasteiger partial charge in [0.25, 0.3) is 5.91 Å². The molecule has 41 heavy (non-hydrogen) atoms. The maximum Gasteiger partial charge on any atom is 0.259 e. The first-order valence-corrected chi connectivity index (χ1v) is 13.3. The third-order valence-electron chi connectivity index (χ3n) is 6.57. The number of ether oxygens (including phenoxy) is 3. The average Bonchev–Trinajstić information content (AvgIpc) is 3.44. The predicted molar refractivity (Wildman–Crippen MR) is 158 cm³/mol. The number of amides is 1. The summed E-state index contributed by atoms with van der Waals surface area (Å²) in [5, 5.41) is 15.0. The van der Waals surface area contributed by atoms with Crippen molar-refractivity contribution in [1.29, 1.82) is 0 Å². The van der Waals surface area contributed by atoms with Crippen LogP contribution in [0.2, 0.25) is 0 Å². The van der Waals surface area contributed by atoms with Gasteiger partial charge in [0.05, 0.1) is 35.1 Å². The van der Waals surface area contributed by atoms with Crippen LogP contribution < -0.4 is 25.8 Å². The Bertz CT molecular complexity index is 1670. The maximum absolute atomic E-state index is 12.5. The van der Waals surface area contributed by atoms with Crippen LogP contribution in [0, 0.1) is 0 Å². The summed E-state index contributed by atoms with van der Waals surface area (Å²) in [6.07, 6.45) is 2.35. The van der Waals surface area contributed by atoms with Crippen molar-refractivity contribution in [3.8, 4) is 22.9 Å². The molecular weight excluding hydrogens is 522 g/mol. The number of para-hydroxylation sites is 1. The van der Waals surface area contributed by atoms with Gasteiger partial charge in [-0.2, -0.15) is 5.10 Å². The molecular formula is C30H33N7O4. The Balaban J connectivity index is 1.51. The fourth-order valence-corrected chi connectivity index (χ4v) is 4.18. The second-order valence-corrected chi connectivity index (χ2v) is 9.82. The Hall–Kier alpha value is -4.74. The van der Waals surface area contributed by atoms with Crippen LogP contribution in [0.5, 0.6) is 11.5 Å². The Morgan fingerprint density at radius 1 is 1.05 bits per heavy atom. The molecule has 11 nitrogen and oxygen atoms in total. The number of nitrogens with one attached hydrogen (secondary N) is 3. The molecule has 2 aromatic heterocycles. The lowest BCUT2D eigenvalue weighted by molar-refractivity contribution is -0.124. The second kappa shape index (κ2) is 12.2. The highest BCUT2D eigenvalue weighted by molar-refractivity contribution is 5.94. The smallest absolute Gasteiger partial charge is 0.259 e. The van der Waals surface area contributed by atoms with Gasteiger partial charge in [-0.3, -0.25) is 9.89 Å². The summed E-state index contributed by atoms with van der Waals surface area (Å²) < 4.78 is 16.9. The van der Waals surface area contributed by atoms with Gasteiger partial charge < -0.3 is 30.6 Å². The maximum atomic E-state index is 12.5. The van der Waals surface area contributed by atoms with Gasteiger partial charge in [0.1, 0.15) is 23.9 Å². The summed E-state index contributed by atoms with van der Waals surface area (Å²) in [5.74, 6) is 1.85. The number of aromatic amines is 1. The molecule has 1 amide bonds. The Morgan fingerprint density at radius 2 is 1.90 bits per heavy atom. The Kier molecular flexibility index (Phi) is 8.27. The molecule has 0 bridgehead atoms. The highest BCUT2D eigenvalue weighted by Crippen LogP contribution is 2.34. The van der Waals surface area contributed by atoms with E-state index in [1.807, 2.05) is 61.5 Å². The molecule has 212 valence electrons. The van der Waals surface area contributed by atoms with Gasteiger partial charge in [-0.15, -0.1) is 0 Å². The Morgan fingerprint density at radius 3 is 2.73 bits per heavy atom. The molecule has 1 atom stereocenters. The van der Waals surface area contributed by atoms with Gasteiger partial charge in [0.15, 0.2) is 12.4 Å². The van der Waals surface area contributed by atoms with Crippen LogP contribution >= 0.6 is 0 Å². The normalized spacial score (nSPS) is 12.7. The SMILES string of the molecule is CCC(C)(N)NC(=O)COc1ccccc1-c1nc(Nc2ccc3[nH]ncc3c2)c2cc(OCCOC)ccc2n1. The van der Waals surface area contributed by atoms with E-state index in [1.165, 1.54) is 0 Å². The molecule has 5 aromatic rings. The van der Waals surface area contributed by atoms with Crippen molar-refractivity contribution >= 4 is 39.2 Å². The Labute approximate surface area is 237 Å². The molecule has 0 aliphatic carbocycles. The standard InChI is InChI=1S/C30H33N7O4/c1-4-30(2,31)36-27(38)18-41-26-8-6-5-7-22(26)28-34-25-12-10-21(40-14-13-39-3)16-23(25)29(35-28)33-20-9-11-24-19(15-20)17-32-37-24/h5-12,15-17H,4,13-14,18,31H2,1-3H3,(H,32,37)(H,36,38)(H,33,34,35). The zero-order chi connectivity index (χ0) is 28.8. The third kappa shape index (κ3) is 6.71. The first-order valence-electron chi connectivity index (χ1n) is 13.3. The molecule has 2 heterocycles. The molecule has 11 heteroatoms. The monoisotopic (exact) mass is 555 g/mol. The topological polar surface area (TPSA) is 149 Å². The fraction of sp³-hybridized carbons (Fsp3) is 0.267. The fourth-order valence-electron chi connectivity index (χ4n) is 4.18. The summed E-state index contributed by atoms with van der Waals surface area (Å²) in [6.45, 7) is 4.35. The van der Waals surface area contributed by atoms with Gasteiger partial charge >= 0.3 is 0 Å². The summed E-state index contributed by atoms with van der Waals surface area (Å²) in [4.78, 5) is 22.2. The van der Waals surface area contributed by atoms with E-state index in [2.05, 4.69) is 20.8 Å². The summed E-state index contributed by atoms with van der Waals surface area (Å²) >= 11 is 0. The number of carbonyl (C=O) groups excluding carboxylic acids is 1. The van der Waals surface area contributed by atoms with Crippen molar-refractivity contribution < 1.29 is 19.0 Å².